The fourth-order valence-electron chi connectivity index (χ4n) is 2.65. The van der Waals surface area contributed by atoms with Crippen LogP contribution < -0.4 is 10.6 Å². The van der Waals surface area contributed by atoms with Crippen molar-refractivity contribution in [3.05, 3.63) is 35.6 Å². The number of halogens is 1. The van der Waals surface area contributed by atoms with Gasteiger partial charge >= 0.3 is 0 Å². The van der Waals surface area contributed by atoms with E-state index >= 15 is 0 Å². The van der Waals surface area contributed by atoms with Gasteiger partial charge in [0.15, 0.2) is 5.96 Å². The van der Waals surface area contributed by atoms with E-state index in [1.54, 1.807) is 13.1 Å². The molecule has 2 rings (SSSR count). The maximum atomic E-state index is 14.0. The lowest BCUT2D eigenvalue weighted by molar-refractivity contribution is 0.114. The molecule has 22 heavy (non-hydrogen) atoms. The molecule has 4 nitrogen and oxygen atoms in total. The van der Waals surface area contributed by atoms with Crippen LogP contribution in [-0.2, 0) is 10.2 Å². The topological polar surface area (TPSA) is 45.7 Å². The molecule has 0 saturated carbocycles. The van der Waals surface area contributed by atoms with E-state index in [1.807, 2.05) is 26.0 Å². The zero-order valence-corrected chi connectivity index (χ0v) is 13.7. The van der Waals surface area contributed by atoms with Gasteiger partial charge in [0.2, 0.25) is 0 Å². The largest absolute Gasteiger partial charge is 0.376 e. The third-order valence-corrected chi connectivity index (χ3v) is 4.05. The molecule has 0 bridgehead atoms. The number of nitrogens with one attached hydrogen (secondary N) is 2. The molecule has 1 saturated heterocycles. The van der Waals surface area contributed by atoms with Crippen molar-refractivity contribution in [2.75, 3.05) is 26.7 Å². The molecule has 5 heteroatoms. The Morgan fingerprint density at radius 2 is 2.14 bits per heavy atom. The molecule has 0 spiro atoms. The van der Waals surface area contributed by atoms with Gasteiger partial charge in [0, 0.05) is 32.2 Å². The first-order valence-electron chi connectivity index (χ1n) is 7.84. The molecular formula is C17H26FN3O. The number of hydrogen-bond donors (Lipinski definition) is 2. The molecule has 0 aliphatic carbocycles. The van der Waals surface area contributed by atoms with Crippen LogP contribution in [-0.4, -0.2) is 38.8 Å². The van der Waals surface area contributed by atoms with Gasteiger partial charge in [-0.2, -0.15) is 0 Å². The SMILES string of the molecule is CN=C(NCC1CCCO1)NCC(C)(C)c1ccccc1F. The first kappa shape index (κ1) is 16.7. The standard InChI is InChI=1S/C17H26FN3O/c1-17(2,14-8-4-5-9-15(14)18)12-21-16(19-3)20-11-13-7-6-10-22-13/h4-5,8-9,13H,6-7,10-12H2,1-3H3,(H2,19,20,21). The first-order chi connectivity index (χ1) is 10.5. The number of nitrogens with zero attached hydrogens (tertiary/aromatic N) is 1. The number of guanidine groups is 1. The lowest BCUT2D eigenvalue weighted by atomic mass is 9.84. The Morgan fingerprint density at radius 3 is 2.77 bits per heavy atom. The summed E-state index contributed by atoms with van der Waals surface area (Å²) in [5, 5.41) is 6.55. The van der Waals surface area contributed by atoms with Gasteiger partial charge in [0.25, 0.3) is 0 Å². The Kier molecular flexibility index (Phi) is 5.77. The van der Waals surface area contributed by atoms with Crippen molar-refractivity contribution in [3.8, 4) is 0 Å². The fourth-order valence-corrected chi connectivity index (χ4v) is 2.65. The van der Waals surface area contributed by atoms with Crippen molar-refractivity contribution in [1.29, 1.82) is 0 Å². The summed E-state index contributed by atoms with van der Waals surface area (Å²) in [7, 11) is 1.74. The van der Waals surface area contributed by atoms with Crippen LogP contribution >= 0.6 is 0 Å². The van der Waals surface area contributed by atoms with Gasteiger partial charge in [-0.1, -0.05) is 32.0 Å². The number of benzene rings is 1. The molecule has 0 aromatic heterocycles. The van der Waals surface area contributed by atoms with Gasteiger partial charge in [-0.05, 0) is 24.5 Å². The predicted molar refractivity (Wildman–Crippen MR) is 87.8 cm³/mol. The number of ether oxygens (including phenoxy) is 1. The molecule has 2 N–H and O–H groups in total. The highest BCUT2D eigenvalue weighted by Gasteiger charge is 2.24. The van der Waals surface area contributed by atoms with Gasteiger partial charge in [0.05, 0.1) is 6.10 Å². The lowest BCUT2D eigenvalue weighted by Crippen LogP contribution is -2.45. The minimum absolute atomic E-state index is 0.170. The zero-order valence-electron chi connectivity index (χ0n) is 13.7. The van der Waals surface area contributed by atoms with E-state index in [0.29, 0.717) is 12.1 Å². The van der Waals surface area contributed by atoms with E-state index in [2.05, 4.69) is 15.6 Å². The fraction of sp³-hybridized carbons (Fsp3) is 0.588. The minimum Gasteiger partial charge on any atom is -0.376 e. The van der Waals surface area contributed by atoms with E-state index in [1.165, 1.54) is 6.07 Å². The van der Waals surface area contributed by atoms with Gasteiger partial charge in [-0.25, -0.2) is 4.39 Å². The molecule has 1 aromatic rings. The Morgan fingerprint density at radius 1 is 1.36 bits per heavy atom. The van der Waals surface area contributed by atoms with Crippen LogP contribution in [0.5, 0.6) is 0 Å². The summed E-state index contributed by atoms with van der Waals surface area (Å²) in [5.41, 5.74) is 0.379. The van der Waals surface area contributed by atoms with Gasteiger partial charge in [-0.15, -0.1) is 0 Å². The average molecular weight is 307 g/mol. The molecule has 1 aliphatic rings. The zero-order chi connectivity index (χ0) is 16.0. The Hall–Kier alpha value is -1.62. The van der Waals surface area contributed by atoms with Crippen molar-refractivity contribution in [3.63, 3.8) is 0 Å². The monoisotopic (exact) mass is 307 g/mol. The second-order valence-electron chi connectivity index (χ2n) is 6.31. The summed E-state index contributed by atoms with van der Waals surface area (Å²) in [6.45, 7) is 6.23. The molecule has 1 atom stereocenters. The Labute approximate surface area is 132 Å². The molecular weight excluding hydrogens is 281 g/mol. The molecule has 122 valence electrons. The van der Waals surface area contributed by atoms with Gasteiger partial charge < -0.3 is 15.4 Å². The molecule has 1 aliphatic heterocycles. The predicted octanol–water partition coefficient (Wildman–Crippen LogP) is 2.45. The first-order valence-corrected chi connectivity index (χ1v) is 7.84. The minimum atomic E-state index is -0.327. The Balaban J connectivity index is 1.87. The third-order valence-electron chi connectivity index (χ3n) is 4.05. The summed E-state index contributed by atoms with van der Waals surface area (Å²) in [6.07, 6.45) is 2.47. The van der Waals surface area contributed by atoms with Crippen LogP contribution in [0.15, 0.2) is 29.3 Å². The average Bonchev–Trinajstić information content (AvgIpc) is 3.01. The second kappa shape index (κ2) is 7.58. The van der Waals surface area contributed by atoms with E-state index in [4.69, 9.17) is 4.74 Å². The summed E-state index contributed by atoms with van der Waals surface area (Å²) < 4.78 is 19.5. The molecule has 0 radical (unpaired) electrons. The molecule has 0 amide bonds. The number of rotatable bonds is 5. The molecule has 1 fully saturated rings. The summed E-state index contributed by atoms with van der Waals surface area (Å²) in [5.74, 6) is 0.552. The normalized spacial score (nSPS) is 19.3. The van der Waals surface area contributed by atoms with Crippen LogP contribution in [0.4, 0.5) is 4.39 Å². The summed E-state index contributed by atoms with van der Waals surface area (Å²) in [4.78, 5) is 4.21. The molecule has 1 aromatic carbocycles. The lowest BCUT2D eigenvalue weighted by Gasteiger charge is -2.27. The summed E-state index contributed by atoms with van der Waals surface area (Å²) >= 11 is 0. The molecule has 1 unspecified atom stereocenters. The number of aliphatic imine (C=N–C) groups is 1. The van der Waals surface area contributed by atoms with Crippen LogP contribution in [0.1, 0.15) is 32.3 Å². The maximum Gasteiger partial charge on any atom is 0.191 e. The maximum absolute atomic E-state index is 14.0. The van der Waals surface area contributed by atoms with Gasteiger partial charge in [0.1, 0.15) is 5.82 Å². The van der Waals surface area contributed by atoms with E-state index < -0.39 is 0 Å². The van der Waals surface area contributed by atoms with Crippen molar-refractivity contribution in [2.45, 2.75) is 38.2 Å². The van der Waals surface area contributed by atoms with E-state index in [0.717, 1.165) is 32.0 Å². The van der Waals surface area contributed by atoms with Crippen molar-refractivity contribution < 1.29 is 9.13 Å². The second-order valence-corrected chi connectivity index (χ2v) is 6.31. The smallest absolute Gasteiger partial charge is 0.191 e. The van der Waals surface area contributed by atoms with E-state index in [-0.39, 0.29) is 17.3 Å². The van der Waals surface area contributed by atoms with Crippen molar-refractivity contribution in [2.24, 2.45) is 4.99 Å². The van der Waals surface area contributed by atoms with Crippen LogP contribution in [0.25, 0.3) is 0 Å². The van der Waals surface area contributed by atoms with Crippen LogP contribution in [0.3, 0.4) is 0 Å². The molecule has 1 heterocycles. The van der Waals surface area contributed by atoms with Crippen LogP contribution in [0.2, 0.25) is 0 Å². The highest BCUT2D eigenvalue weighted by Crippen LogP contribution is 2.24. The van der Waals surface area contributed by atoms with Crippen molar-refractivity contribution >= 4 is 5.96 Å². The highest BCUT2D eigenvalue weighted by molar-refractivity contribution is 5.79. The Bertz CT molecular complexity index is 510. The van der Waals surface area contributed by atoms with Crippen LogP contribution in [0, 0.1) is 5.82 Å². The van der Waals surface area contributed by atoms with E-state index in [9.17, 15) is 4.39 Å². The van der Waals surface area contributed by atoms with Crippen molar-refractivity contribution in [1.82, 2.24) is 10.6 Å². The summed E-state index contributed by atoms with van der Waals surface area (Å²) in [6, 6.07) is 6.91. The third kappa shape index (κ3) is 4.44. The van der Waals surface area contributed by atoms with Gasteiger partial charge in [-0.3, -0.25) is 4.99 Å². The highest BCUT2D eigenvalue weighted by atomic mass is 19.1. The quantitative estimate of drug-likeness (QED) is 0.649. The number of hydrogen-bond acceptors (Lipinski definition) is 2.